The number of nitro benzene ring substituents is 1. The highest BCUT2D eigenvalue weighted by molar-refractivity contribution is 6.04. The van der Waals surface area contributed by atoms with Crippen molar-refractivity contribution in [3.05, 3.63) is 70.2 Å². The Kier molecular flexibility index (Phi) is 4.97. The van der Waals surface area contributed by atoms with E-state index in [-0.39, 0.29) is 23.2 Å². The first-order valence-electron chi connectivity index (χ1n) is 8.99. The van der Waals surface area contributed by atoms with Crippen LogP contribution in [-0.2, 0) is 0 Å². The van der Waals surface area contributed by atoms with Gasteiger partial charge >= 0.3 is 5.69 Å². The lowest BCUT2D eigenvalue weighted by Gasteiger charge is -2.29. The Morgan fingerprint density at radius 2 is 2.07 bits per heavy atom. The number of nitrogens with zero attached hydrogens (tertiary/aromatic N) is 4. The molecule has 1 aromatic heterocycles. The van der Waals surface area contributed by atoms with Gasteiger partial charge in [-0.15, -0.1) is 0 Å². The average Bonchev–Trinajstić information content (AvgIpc) is 2.75. The highest BCUT2D eigenvalue weighted by atomic mass is 19.1. The number of hydrogen-bond acceptors (Lipinski definition) is 8. The summed E-state index contributed by atoms with van der Waals surface area (Å²) in [6.45, 7) is 0.456. The van der Waals surface area contributed by atoms with Crippen molar-refractivity contribution in [1.82, 2.24) is 9.97 Å². The van der Waals surface area contributed by atoms with Crippen LogP contribution in [0, 0.1) is 15.9 Å². The summed E-state index contributed by atoms with van der Waals surface area (Å²) in [5, 5.41) is 13.9. The van der Waals surface area contributed by atoms with Crippen LogP contribution in [0.4, 0.5) is 33.2 Å². The van der Waals surface area contributed by atoms with Gasteiger partial charge in [-0.25, -0.2) is 4.98 Å². The largest absolute Gasteiger partial charge is 0.494 e. The molecule has 4 rings (SSSR count). The van der Waals surface area contributed by atoms with Gasteiger partial charge in [-0.05, 0) is 18.2 Å². The molecule has 1 aliphatic rings. The van der Waals surface area contributed by atoms with Gasteiger partial charge in [0.25, 0.3) is 0 Å². The van der Waals surface area contributed by atoms with Gasteiger partial charge in [0.15, 0.2) is 5.78 Å². The molecule has 30 heavy (non-hydrogen) atoms. The molecule has 10 heteroatoms. The van der Waals surface area contributed by atoms with Crippen LogP contribution in [-0.4, -0.2) is 34.3 Å². The van der Waals surface area contributed by atoms with Crippen LogP contribution in [0.1, 0.15) is 16.8 Å². The molecule has 2 heterocycles. The summed E-state index contributed by atoms with van der Waals surface area (Å²) in [6.07, 6.45) is 1.87. The number of carbonyl (C=O) groups is 1. The number of ether oxygens (including phenoxy) is 1. The molecule has 0 saturated heterocycles. The Hall–Kier alpha value is -4.08. The minimum Gasteiger partial charge on any atom is -0.494 e. The van der Waals surface area contributed by atoms with Gasteiger partial charge in [0.2, 0.25) is 11.8 Å². The van der Waals surface area contributed by atoms with Crippen molar-refractivity contribution in [2.45, 2.75) is 6.42 Å². The second kappa shape index (κ2) is 7.74. The Labute approximate surface area is 170 Å². The maximum atomic E-state index is 13.9. The number of nitrogens with one attached hydrogen (secondary N) is 1. The lowest BCUT2D eigenvalue weighted by molar-refractivity contribution is -0.387. The number of Topliss-reactive ketones (excluding diaryl/α,β-unsaturated/α-hetero) is 1. The van der Waals surface area contributed by atoms with E-state index in [1.807, 2.05) is 17.0 Å². The van der Waals surface area contributed by atoms with Crippen LogP contribution in [0.3, 0.4) is 0 Å². The Balaban J connectivity index is 1.69. The van der Waals surface area contributed by atoms with Crippen molar-refractivity contribution in [3.8, 4) is 5.75 Å². The molecular weight excluding hydrogens is 393 g/mol. The molecule has 152 valence electrons. The zero-order valence-corrected chi connectivity index (χ0v) is 15.8. The molecule has 0 amide bonds. The number of benzene rings is 2. The fourth-order valence-corrected chi connectivity index (χ4v) is 3.28. The minimum absolute atomic E-state index is 0.0672. The molecule has 2 aromatic carbocycles. The summed E-state index contributed by atoms with van der Waals surface area (Å²) >= 11 is 0. The van der Waals surface area contributed by atoms with E-state index < -0.39 is 16.4 Å². The number of fused-ring (bicyclic) bond motifs is 1. The smallest absolute Gasteiger partial charge is 0.307 e. The van der Waals surface area contributed by atoms with Gasteiger partial charge in [0, 0.05) is 36.9 Å². The second-order valence-electron chi connectivity index (χ2n) is 6.47. The molecule has 3 aromatic rings. The lowest BCUT2D eigenvalue weighted by atomic mass is 10.0. The van der Waals surface area contributed by atoms with Crippen molar-refractivity contribution in [1.29, 1.82) is 0 Å². The maximum absolute atomic E-state index is 13.9. The SMILES string of the molecule is COc1cc(F)c([N+](=O)[O-])cc1Nc1nccc(N2CCC(=O)c3ccccc32)n1. The fourth-order valence-electron chi connectivity index (χ4n) is 3.28. The van der Waals surface area contributed by atoms with Crippen LogP contribution in [0.15, 0.2) is 48.7 Å². The zero-order valence-electron chi connectivity index (χ0n) is 15.8. The Morgan fingerprint density at radius 1 is 1.27 bits per heavy atom. The quantitative estimate of drug-likeness (QED) is 0.497. The highest BCUT2D eigenvalue weighted by Crippen LogP contribution is 2.35. The van der Waals surface area contributed by atoms with Gasteiger partial charge in [0.05, 0.1) is 23.4 Å². The van der Waals surface area contributed by atoms with Crippen molar-refractivity contribution < 1.29 is 18.8 Å². The number of carbonyl (C=O) groups excluding carboxylic acids is 1. The monoisotopic (exact) mass is 409 g/mol. The lowest BCUT2D eigenvalue weighted by Crippen LogP contribution is -2.28. The molecule has 0 atom stereocenters. The molecule has 0 fully saturated rings. The fraction of sp³-hybridized carbons (Fsp3) is 0.150. The molecule has 1 N–H and O–H groups in total. The summed E-state index contributed by atoms with van der Waals surface area (Å²) in [4.78, 5) is 32.9. The molecule has 0 radical (unpaired) electrons. The predicted octanol–water partition coefficient (Wildman–Crippen LogP) is 4.00. The van der Waals surface area contributed by atoms with Crippen LogP contribution >= 0.6 is 0 Å². The number of ketones is 1. The first-order chi connectivity index (χ1) is 14.5. The summed E-state index contributed by atoms with van der Waals surface area (Å²) in [5.41, 5.74) is 0.816. The third-order valence-corrected chi connectivity index (χ3v) is 4.69. The van der Waals surface area contributed by atoms with Crippen molar-refractivity contribution in [3.63, 3.8) is 0 Å². The van der Waals surface area contributed by atoms with E-state index in [0.717, 1.165) is 17.8 Å². The van der Waals surface area contributed by atoms with Gasteiger partial charge < -0.3 is 15.0 Å². The molecule has 1 aliphatic heterocycles. The van der Waals surface area contributed by atoms with E-state index in [0.29, 0.717) is 24.3 Å². The molecule has 0 aliphatic carbocycles. The van der Waals surface area contributed by atoms with Crippen molar-refractivity contribution >= 4 is 34.6 Å². The van der Waals surface area contributed by atoms with Crippen LogP contribution in [0.2, 0.25) is 0 Å². The second-order valence-corrected chi connectivity index (χ2v) is 6.47. The predicted molar refractivity (Wildman–Crippen MR) is 107 cm³/mol. The normalized spacial score (nSPS) is 13.0. The van der Waals surface area contributed by atoms with E-state index in [1.54, 1.807) is 18.2 Å². The summed E-state index contributed by atoms with van der Waals surface area (Å²) in [6, 6.07) is 10.9. The van der Waals surface area contributed by atoms with Gasteiger partial charge in [-0.1, -0.05) is 12.1 Å². The first-order valence-corrected chi connectivity index (χ1v) is 8.99. The number of para-hydroxylation sites is 1. The third-order valence-electron chi connectivity index (χ3n) is 4.69. The number of halogens is 1. The Morgan fingerprint density at radius 3 is 2.83 bits per heavy atom. The number of methoxy groups -OCH3 is 1. The number of anilines is 4. The van der Waals surface area contributed by atoms with Gasteiger partial charge in [-0.3, -0.25) is 14.9 Å². The average molecular weight is 409 g/mol. The van der Waals surface area contributed by atoms with E-state index in [9.17, 15) is 19.3 Å². The van der Waals surface area contributed by atoms with E-state index in [2.05, 4.69) is 15.3 Å². The maximum Gasteiger partial charge on any atom is 0.307 e. The summed E-state index contributed by atoms with van der Waals surface area (Å²) < 4.78 is 19.0. The Bertz CT molecular complexity index is 1150. The number of hydrogen-bond donors (Lipinski definition) is 1. The molecule has 0 unspecified atom stereocenters. The first kappa shape index (κ1) is 19.2. The minimum atomic E-state index is -1.01. The van der Waals surface area contributed by atoms with Gasteiger partial charge in [0.1, 0.15) is 11.6 Å². The molecular formula is C20H16FN5O4. The number of nitro groups is 1. The van der Waals surface area contributed by atoms with Crippen LogP contribution < -0.4 is 15.0 Å². The number of aromatic nitrogens is 2. The highest BCUT2D eigenvalue weighted by Gasteiger charge is 2.25. The molecule has 0 bridgehead atoms. The number of rotatable bonds is 5. The molecule has 0 saturated carbocycles. The van der Waals surface area contributed by atoms with E-state index >= 15 is 0 Å². The molecule has 0 spiro atoms. The van der Waals surface area contributed by atoms with E-state index in [1.165, 1.54) is 13.3 Å². The van der Waals surface area contributed by atoms with Gasteiger partial charge in [-0.2, -0.15) is 9.37 Å². The molecule has 9 nitrogen and oxygen atoms in total. The van der Waals surface area contributed by atoms with E-state index in [4.69, 9.17) is 4.74 Å². The van der Waals surface area contributed by atoms with Crippen LogP contribution in [0.5, 0.6) is 5.75 Å². The zero-order chi connectivity index (χ0) is 21.3. The standard InChI is InChI=1S/C20H16FN5O4/c1-30-18-10-13(21)16(26(28)29)11-14(18)23-20-22-8-6-19(24-20)25-9-7-17(27)12-4-2-3-5-15(12)25/h2-6,8,10-11H,7,9H2,1H3,(H,22,23,24). The van der Waals surface area contributed by atoms with Crippen molar-refractivity contribution in [2.75, 3.05) is 23.9 Å². The summed E-state index contributed by atoms with van der Waals surface area (Å²) in [7, 11) is 1.32. The summed E-state index contributed by atoms with van der Waals surface area (Å²) in [5.74, 6) is -0.186. The van der Waals surface area contributed by atoms with Crippen molar-refractivity contribution in [2.24, 2.45) is 0 Å². The third kappa shape index (κ3) is 3.50. The van der Waals surface area contributed by atoms with Crippen LogP contribution in [0.25, 0.3) is 0 Å². The topological polar surface area (TPSA) is 110 Å².